The van der Waals surface area contributed by atoms with Crippen LogP contribution in [0.2, 0.25) is 0 Å². The lowest BCUT2D eigenvalue weighted by atomic mass is 9.85. The highest BCUT2D eigenvalue weighted by Gasteiger charge is 2.24. The van der Waals surface area contributed by atoms with Gasteiger partial charge in [0.2, 0.25) is 0 Å². The first-order valence-electron chi connectivity index (χ1n) is 8.23. The highest BCUT2D eigenvalue weighted by molar-refractivity contribution is 4.90. The molecule has 0 unspecified atom stereocenters. The maximum atomic E-state index is 5.95. The summed E-state index contributed by atoms with van der Waals surface area (Å²) in [7, 11) is 0. The summed E-state index contributed by atoms with van der Waals surface area (Å²) in [6.07, 6.45) is 5.04. The van der Waals surface area contributed by atoms with Gasteiger partial charge in [0.05, 0.1) is 11.4 Å². The lowest BCUT2D eigenvalue weighted by Gasteiger charge is -2.30. The minimum atomic E-state index is -0.424. The van der Waals surface area contributed by atoms with E-state index < -0.39 is 5.60 Å². The molecule has 0 aromatic heterocycles. The molecule has 4 heteroatoms. The molecule has 138 valence electrons. The van der Waals surface area contributed by atoms with Crippen molar-refractivity contribution in [2.45, 2.75) is 46.1 Å². The summed E-state index contributed by atoms with van der Waals surface area (Å²) in [5.41, 5.74) is -0.376. The lowest BCUT2D eigenvalue weighted by Crippen LogP contribution is -2.32. The average Bonchev–Trinajstić information content (AvgIpc) is 2.48. The van der Waals surface area contributed by atoms with Gasteiger partial charge in [-0.15, -0.1) is 0 Å². The molecule has 0 aromatic carbocycles. The van der Waals surface area contributed by atoms with Crippen LogP contribution in [-0.2, 0) is 18.9 Å². The predicted octanol–water partition coefficient (Wildman–Crippen LogP) is 4.99. The first-order chi connectivity index (χ1) is 11.1. The van der Waals surface area contributed by atoms with Gasteiger partial charge in [-0.25, -0.2) is 0 Å². The maximum absolute atomic E-state index is 5.95. The van der Waals surface area contributed by atoms with Crippen LogP contribution in [0.1, 0.15) is 40.5 Å². The van der Waals surface area contributed by atoms with Gasteiger partial charge < -0.3 is 18.9 Å². The molecule has 0 aliphatic heterocycles. The Morgan fingerprint density at radius 3 is 2.08 bits per heavy atom. The SMILES string of the molecule is C=CCOC(=C)CC(C)(C)CCOC(C)(C)COC(=C)OCC=C. The molecule has 0 spiro atoms. The predicted molar refractivity (Wildman–Crippen MR) is 99.6 cm³/mol. The highest BCUT2D eigenvalue weighted by atomic mass is 16.7. The summed E-state index contributed by atoms with van der Waals surface area (Å²) in [6, 6.07) is 0. The minimum Gasteiger partial charge on any atom is -0.494 e. The van der Waals surface area contributed by atoms with Crippen molar-refractivity contribution in [1.82, 2.24) is 0 Å². The fourth-order valence-corrected chi connectivity index (χ4v) is 1.94. The van der Waals surface area contributed by atoms with Crippen LogP contribution in [0.4, 0.5) is 0 Å². The number of allylic oxidation sites excluding steroid dienone is 1. The van der Waals surface area contributed by atoms with Gasteiger partial charge >= 0.3 is 0 Å². The molecule has 0 saturated heterocycles. The Hall–Kier alpha value is -1.68. The second-order valence-corrected chi connectivity index (χ2v) is 7.10. The Morgan fingerprint density at radius 2 is 1.50 bits per heavy atom. The molecule has 0 aromatic rings. The van der Waals surface area contributed by atoms with Crippen molar-refractivity contribution in [3.8, 4) is 0 Å². The van der Waals surface area contributed by atoms with Gasteiger partial charge in [-0.1, -0.05) is 45.7 Å². The average molecular weight is 338 g/mol. The molecule has 0 fully saturated rings. The van der Waals surface area contributed by atoms with E-state index in [1.54, 1.807) is 12.2 Å². The van der Waals surface area contributed by atoms with Crippen LogP contribution in [-0.4, -0.2) is 32.0 Å². The number of ether oxygens (including phenoxy) is 4. The molecular formula is C20H34O4. The largest absolute Gasteiger partial charge is 0.494 e. The van der Waals surface area contributed by atoms with E-state index in [9.17, 15) is 0 Å². The summed E-state index contributed by atoms with van der Waals surface area (Å²) in [4.78, 5) is 0. The van der Waals surface area contributed by atoms with Crippen LogP contribution in [0.5, 0.6) is 0 Å². The molecule has 0 radical (unpaired) electrons. The van der Waals surface area contributed by atoms with Gasteiger partial charge in [-0.3, -0.25) is 0 Å². The molecule has 0 N–H and O–H groups in total. The van der Waals surface area contributed by atoms with Crippen molar-refractivity contribution < 1.29 is 18.9 Å². The van der Waals surface area contributed by atoms with Gasteiger partial charge in [-0.05, 0) is 32.3 Å². The van der Waals surface area contributed by atoms with E-state index in [1.807, 2.05) is 13.8 Å². The van der Waals surface area contributed by atoms with Gasteiger partial charge in [0.25, 0.3) is 5.95 Å². The van der Waals surface area contributed by atoms with Crippen LogP contribution >= 0.6 is 0 Å². The molecule has 0 aliphatic carbocycles. The molecule has 0 saturated carbocycles. The third-order valence-electron chi connectivity index (χ3n) is 3.30. The van der Waals surface area contributed by atoms with Crippen LogP contribution in [0.3, 0.4) is 0 Å². The molecule has 0 rings (SSSR count). The van der Waals surface area contributed by atoms with Crippen molar-refractivity contribution in [3.63, 3.8) is 0 Å². The standard InChI is InChI=1S/C20H34O4/c1-9-12-21-17(3)15-19(5,6)11-14-24-20(7,8)16-23-18(4)22-13-10-2/h9-10H,1-4,11-16H2,5-8H3. The molecule has 0 aliphatic rings. The molecule has 24 heavy (non-hydrogen) atoms. The van der Waals surface area contributed by atoms with Gasteiger partial charge in [0.15, 0.2) is 0 Å². The van der Waals surface area contributed by atoms with Crippen LogP contribution in [0.15, 0.2) is 50.2 Å². The quantitative estimate of drug-likeness (QED) is 0.311. The fourth-order valence-electron chi connectivity index (χ4n) is 1.94. The third kappa shape index (κ3) is 11.8. The van der Waals surface area contributed by atoms with E-state index in [0.717, 1.165) is 18.6 Å². The summed E-state index contributed by atoms with van der Waals surface area (Å²) in [5, 5.41) is 0. The summed E-state index contributed by atoms with van der Waals surface area (Å²) in [5.74, 6) is 1.06. The molecule has 0 heterocycles. The number of rotatable bonds is 15. The zero-order valence-electron chi connectivity index (χ0n) is 15.9. The van der Waals surface area contributed by atoms with Crippen molar-refractivity contribution in [3.05, 3.63) is 50.2 Å². The van der Waals surface area contributed by atoms with Crippen molar-refractivity contribution in [1.29, 1.82) is 0 Å². The second kappa shape index (κ2) is 11.0. The number of hydrogen-bond acceptors (Lipinski definition) is 4. The van der Waals surface area contributed by atoms with Gasteiger partial charge in [0, 0.05) is 13.0 Å². The topological polar surface area (TPSA) is 36.9 Å². The first kappa shape index (κ1) is 22.3. The first-order valence-corrected chi connectivity index (χ1v) is 8.23. The summed E-state index contributed by atoms with van der Waals surface area (Å²) < 4.78 is 22.1. The highest BCUT2D eigenvalue weighted by Crippen LogP contribution is 2.29. The van der Waals surface area contributed by atoms with Crippen LogP contribution in [0.25, 0.3) is 0 Å². The number of hydrogen-bond donors (Lipinski definition) is 0. The Balaban J connectivity index is 4.12. The van der Waals surface area contributed by atoms with Gasteiger partial charge in [-0.2, -0.15) is 0 Å². The van der Waals surface area contributed by atoms with E-state index in [4.69, 9.17) is 18.9 Å². The Bertz CT molecular complexity index is 421. The van der Waals surface area contributed by atoms with E-state index in [1.165, 1.54) is 0 Å². The molecule has 0 bridgehead atoms. The van der Waals surface area contributed by atoms with Crippen molar-refractivity contribution >= 4 is 0 Å². The normalized spacial score (nSPS) is 11.5. The third-order valence-corrected chi connectivity index (χ3v) is 3.30. The Labute approximate surface area is 147 Å². The summed E-state index contributed by atoms with van der Waals surface area (Å²) in [6.45, 7) is 25.0. The molecule has 4 nitrogen and oxygen atoms in total. The Kier molecular flexibility index (Phi) is 10.2. The van der Waals surface area contributed by atoms with Crippen molar-refractivity contribution in [2.24, 2.45) is 5.41 Å². The van der Waals surface area contributed by atoms with Crippen LogP contribution < -0.4 is 0 Å². The summed E-state index contributed by atoms with van der Waals surface area (Å²) >= 11 is 0. The monoisotopic (exact) mass is 338 g/mol. The van der Waals surface area contributed by atoms with E-state index >= 15 is 0 Å². The van der Waals surface area contributed by atoms with E-state index in [0.29, 0.717) is 26.4 Å². The van der Waals surface area contributed by atoms with E-state index in [2.05, 4.69) is 40.2 Å². The van der Waals surface area contributed by atoms with Crippen molar-refractivity contribution in [2.75, 3.05) is 26.4 Å². The second-order valence-electron chi connectivity index (χ2n) is 7.10. The van der Waals surface area contributed by atoms with Gasteiger partial charge in [0.1, 0.15) is 19.8 Å². The maximum Gasteiger partial charge on any atom is 0.271 e. The minimum absolute atomic E-state index is 0.0475. The molecule has 0 amide bonds. The fraction of sp³-hybridized carbons (Fsp3) is 0.600. The smallest absolute Gasteiger partial charge is 0.271 e. The van der Waals surface area contributed by atoms with Crippen LogP contribution in [0, 0.1) is 5.41 Å². The zero-order chi connectivity index (χ0) is 18.6. The lowest BCUT2D eigenvalue weighted by molar-refractivity contribution is -0.0879. The Morgan fingerprint density at radius 1 is 0.917 bits per heavy atom. The molecular weight excluding hydrogens is 304 g/mol. The molecule has 0 atom stereocenters. The van der Waals surface area contributed by atoms with E-state index in [-0.39, 0.29) is 11.4 Å². The zero-order valence-corrected chi connectivity index (χ0v) is 15.9.